The third-order valence-electron chi connectivity index (χ3n) is 5.31. The van der Waals surface area contributed by atoms with Crippen molar-refractivity contribution in [1.82, 2.24) is 19.8 Å². The van der Waals surface area contributed by atoms with E-state index >= 15 is 0 Å². The standard InChI is InChI=1S/C17H32F3N5O3S.HI/c1-14(17(18,19)20)24-7-9-25(10-8-24)16(21-2)22-6-12-29(26,27)23-13-15-5-3-4-11-28-15;/h14-15,23H,3-13H2,1-2H3,(H,21,22);1H. The van der Waals surface area contributed by atoms with Gasteiger partial charge >= 0.3 is 6.18 Å². The molecule has 178 valence electrons. The predicted molar refractivity (Wildman–Crippen MR) is 121 cm³/mol. The van der Waals surface area contributed by atoms with Crippen LogP contribution in [0.25, 0.3) is 0 Å². The lowest BCUT2D eigenvalue weighted by atomic mass is 10.1. The summed E-state index contributed by atoms with van der Waals surface area (Å²) in [5.74, 6) is 0.374. The number of hydrogen-bond acceptors (Lipinski definition) is 5. The average molecular weight is 571 g/mol. The summed E-state index contributed by atoms with van der Waals surface area (Å²) in [6.45, 7) is 3.58. The van der Waals surface area contributed by atoms with Gasteiger partial charge in [-0.25, -0.2) is 13.1 Å². The van der Waals surface area contributed by atoms with Crippen LogP contribution in [0.3, 0.4) is 0 Å². The van der Waals surface area contributed by atoms with Gasteiger partial charge in [-0.05, 0) is 26.2 Å². The maximum atomic E-state index is 12.9. The summed E-state index contributed by atoms with van der Waals surface area (Å²) >= 11 is 0. The summed E-state index contributed by atoms with van der Waals surface area (Å²) in [5, 5.41) is 2.99. The maximum absolute atomic E-state index is 12.9. The van der Waals surface area contributed by atoms with Crippen molar-refractivity contribution >= 4 is 40.0 Å². The molecule has 8 nitrogen and oxygen atoms in total. The van der Waals surface area contributed by atoms with Crippen LogP contribution in [-0.4, -0.2) is 101 Å². The largest absolute Gasteiger partial charge is 0.403 e. The summed E-state index contributed by atoms with van der Waals surface area (Å²) in [7, 11) is -1.88. The Morgan fingerprint density at radius 2 is 1.90 bits per heavy atom. The fourth-order valence-electron chi connectivity index (χ4n) is 3.42. The molecule has 0 aromatic rings. The fourth-order valence-corrected chi connectivity index (χ4v) is 4.37. The van der Waals surface area contributed by atoms with Crippen LogP contribution in [0.5, 0.6) is 0 Å². The average Bonchev–Trinajstić information content (AvgIpc) is 2.69. The van der Waals surface area contributed by atoms with Crippen molar-refractivity contribution < 1.29 is 26.3 Å². The first-order valence-corrected chi connectivity index (χ1v) is 11.6. The van der Waals surface area contributed by atoms with Gasteiger partial charge in [0.1, 0.15) is 6.04 Å². The topological polar surface area (TPSA) is 86.3 Å². The van der Waals surface area contributed by atoms with E-state index in [4.69, 9.17) is 4.74 Å². The van der Waals surface area contributed by atoms with Gasteiger partial charge in [-0.2, -0.15) is 13.2 Å². The van der Waals surface area contributed by atoms with Gasteiger partial charge in [0, 0.05) is 52.9 Å². The van der Waals surface area contributed by atoms with Gasteiger partial charge in [0.05, 0.1) is 11.9 Å². The molecule has 2 heterocycles. The molecule has 0 aromatic carbocycles. The number of sulfonamides is 1. The van der Waals surface area contributed by atoms with E-state index in [0.717, 1.165) is 19.3 Å². The van der Waals surface area contributed by atoms with E-state index in [-0.39, 0.29) is 62.0 Å². The monoisotopic (exact) mass is 571 g/mol. The summed E-state index contributed by atoms with van der Waals surface area (Å²) in [6, 6.07) is -1.48. The molecule has 2 rings (SSSR count). The van der Waals surface area contributed by atoms with E-state index in [1.807, 2.05) is 4.90 Å². The highest BCUT2D eigenvalue weighted by atomic mass is 127. The lowest BCUT2D eigenvalue weighted by Gasteiger charge is -2.39. The molecule has 0 aromatic heterocycles. The summed E-state index contributed by atoms with van der Waals surface area (Å²) in [6.07, 6.45) is -1.41. The van der Waals surface area contributed by atoms with E-state index in [9.17, 15) is 21.6 Å². The molecule has 0 spiro atoms. The van der Waals surface area contributed by atoms with E-state index in [1.54, 1.807) is 7.05 Å². The Hall–Kier alpha value is -0.380. The summed E-state index contributed by atoms with van der Waals surface area (Å²) in [4.78, 5) is 7.36. The zero-order valence-electron chi connectivity index (χ0n) is 17.4. The number of halogens is 4. The Kier molecular flexibility index (Phi) is 11.6. The fraction of sp³-hybridized carbons (Fsp3) is 0.941. The van der Waals surface area contributed by atoms with Crippen LogP contribution in [0.1, 0.15) is 26.2 Å². The first kappa shape index (κ1) is 27.7. The van der Waals surface area contributed by atoms with Gasteiger partial charge in [-0.3, -0.25) is 9.89 Å². The highest BCUT2D eigenvalue weighted by molar-refractivity contribution is 14.0. The van der Waals surface area contributed by atoms with Crippen molar-refractivity contribution in [2.45, 2.75) is 44.5 Å². The van der Waals surface area contributed by atoms with Gasteiger partial charge in [-0.15, -0.1) is 24.0 Å². The Morgan fingerprint density at radius 1 is 1.23 bits per heavy atom. The number of hydrogen-bond donors (Lipinski definition) is 2. The van der Waals surface area contributed by atoms with Crippen LogP contribution in [0, 0.1) is 0 Å². The molecule has 2 N–H and O–H groups in total. The number of aliphatic imine (C=N–C) groups is 1. The number of nitrogens with zero attached hydrogens (tertiary/aromatic N) is 3. The summed E-state index contributed by atoms with van der Waals surface area (Å²) < 4.78 is 71.0. The highest BCUT2D eigenvalue weighted by Crippen LogP contribution is 2.25. The van der Waals surface area contributed by atoms with E-state index in [2.05, 4.69) is 15.0 Å². The van der Waals surface area contributed by atoms with Crippen molar-refractivity contribution in [2.24, 2.45) is 4.99 Å². The molecule has 0 saturated carbocycles. The third-order valence-corrected chi connectivity index (χ3v) is 6.65. The first-order chi connectivity index (χ1) is 13.6. The van der Waals surface area contributed by atoms with Crippen LogP contribution >= 0.6 is 24.0 Å². The second-order valence-electron chi connectivity index (χ2n) is 7.37. The quantitative estimate of drug-likeness (QED) is 0.272. The van der Waals surface area contributed by atoms with Crippen molar-refractivity contribution in [3.05, 3.63) is 0 Å². The molecule has 0 radical (unpaired) electrons. The van der Waals surface area contributed by atoms with Crippen molar-refractivity contribution in [3.8, 4) is 0 Å². The van der Waals surface area contributed by atoms with Crippen molar-refractivity contribution in [1.29, 1.82) is 0 Å². The lowest BCUT2D eigenvalue weighted by molar-refractivity contribution is -0.181. The summed E-state index contributed by atoms with van der Waals surface area (Å²) in [5.41, 5.74) is 0. The molecule has 0 amide bonds. The Balaban J connectivity index is 0.00000450. The Labute approximate surface area is 194 Å². The van der Waals surface area contributed by atoms with Gasteiger partial charge in [-0.1, -0.05) is 0 Å². The Morgan fingerprint density at radius 3 is 2.43 bits per heavy atom. The van der Waals surface area contributed by atoms with Gasteiger partial charge < -0.3 is 15.0 Å². The normalized spacial score (nSPS) is 23.0. The SMILES string of the molecule is CN=C(NCCS(=O)(=O)NCC1CCCCO1)N1CCN(C(C)C(F)(F)F)CC1.I. The molecule has 2 fully saturated rings. The number of nitrogens with one attached hydrogen (secondary N) is 2. The van der Waals surface area contributed by atoms with Crippen LogP contribution in [0.2, 0.25) is 0 Å². The van der Waals surface area contributed by atoms with Crippen LogP contribution in [0.4, 0.5) is 13.2 Å². The minimum atomic E-state index is -4.24. The first-order valence-electron chi connectivity index (χ1n) is 9.97. The van der Waals surface area contributed by atoms with Crippen LogP contribution in [0.15, 0.2) is 4.99 Å². The molecule has 0 aliphatic carbocycles. The van der Waals surface area contributed by atoms with Gasteiger partial charge in [0.25, 0.3) is 0 Å². The van der Waals surface area contributed by atoms with E-state index < -0.39 is 22.2 Å². The number of piperazine rings is 1. The molecule has 2 saturated heterocycles. The smallest absolute Gasteiger partial charge is 0.377 e. The molecule has 2 aliphatic rings. The highest BCUT2D eigenvalue weighted by Gasteiger charge is 2.41. The van der Waals surface area contributed by atoms with Gasteiger partial charge in [0.2, 0.25) is 10.0 Å². The second kappa shape index (κ2) is 12.6. The third kappa shape index (κ3) is 9.01. The Bertz CT molecular complexity index is 637. The zero-order chi connectivity index (χ0) is 21.5. The molecule has 2 unspecified atom stereocenters. The zero-order valence-corrected chi connectivity index (χ0v) is 20.6. The minimum Gasteiger partial charge on any atom is -0.377 e. The molecule has 2 atom stereocenters. The van der Waals surface area contributed by atoms with Gasteiger partial charge in [0.15, 0.2) is 5.96 Å². The molecule has 2 aliphatic heterocycles. The number of ether oxygens (including phenoxy) is 1. The van der Waals surface area contributed by atoms with Crippen LogP contribution in [-0.2, 0) is 14.8 Å². The van der Waals surface area contributed by atoms with Crippen LogP contribution < -0.4 is 10.0 Å². The molecule has 30 heavy (non-hydrogen) atoms. The maximum Gasteiger partial charge on any atom is 0.403 e. The second-order valence-corrected chi connectivity index (χ2v) is 9.30. The molecule has 13 heteroatoms. The number of alkyl halides is 3. The van der Waals surface area contributed by atoms with E-state index in [0.29, 0.717) is 25.7 Å². The minimum absolute atomic E-state index is 0. The van der Waals surface area contributed by atoms with Crippen molar-refractivity contribution in [2.75, 3.05) is 58.7 Å². The predicted octanol–water partition coefficient (Wildman–Crippen LogP) is 1.24. The molecular formula is C17H33F3IN5O3S. The molecule has 0 bridgehead atoms. The van der Waals surface area contributed by atoms with E-state index in [1.165, 1.54) is 11.8 Å². The molecular weight excluding hydrogens is 538 g/mol. The number of guanidine groups is 1. The van der Waals surface area contributed by atoms with Crippen molar-refractivity contribution in [3.63, 3.8) is 0 Å². The lowest BCUT2D eigenvalue weighted by Crippen LogP contribution is -2.57. The number of rotatable bonds is 7.